The lowest BCUT2D eigenvalue weighted by molar-refractivity contribution is -0.150. The van der Waals surface area contributed by atoms with E-state index in [4.69, 9.17) is 18.9 Å². The third-order valence-corrected chi connectivity index (χ3v) is 6.55. The average molecular weight is 526 g/mol. The van der Waals surface area contributed by atoms with Crippen molar-refractivity contribution in [1.82, 2.24) is 10.2 Å². The summed E-state index contributed by atoms with van der Waals surface area (Å²) in [4.78, 5) is 30.8. The largest absolute Gasteiger partial charge is 0.480 e. The molecule has 0 saturated carbocycles. The van der Waals surface area contributed by atoms with Crippen LogP contribution < -0.4 is 24.4 Å². The molecule has 0 aliphatic carbocycles. The highest BCUT2D eigenvalue weighted by Gasteiger charge is 2.41. The number of rotatable bonds is 7. The molecule has 0 spiro atoms. The molecule has 2 aromatic rings. The molecule has 2 aliphatic heterocycles. The van der Waals surface area contributed by atoms with Crippen molar-refractivity contribution in [3.8, 4) is 17.2 Å². The zero-order chi connectivity index (χ0) is 27.6. The Hall–Kier alpha value is -3.62. The van der Waals surface area contributed by atoms with Gasteiger partial charge in [0.15, 0.2) is 17.6 Å². The molecule has 0 saturated heterocycles. The number of carbonyl (C=O) groups is 2. The standard InChI is InChI=1S/C29H39N3O6/c1-8-31(9-2)20-11-12-21-23(15-20)37-25(18(3)4)26(33)32(27(21)38-28(34)30-29(5,6)7)16-19-10-13-22-24(14-19)36-17-35-22/h10-15,18,25,27H,8-9,16-17H2,1-7H3,(H,30,34). The SMILES string of the molecule is CCN(CC)c1ccc2c(c1)OC(C(C)C)C(=O)N(Cc1ccc3c(c1)OCO3)C2OC(=O)NC(C)(C)C. The molecule has 0 bridgehead atoms. The molecule has 2 aromatic carbocycles. The van der Waals surface area contributed by atoms with Crippen LogP contribution in [0.5, 0.6) is 17.2 Å². The molecule has 0 aromatic heterocycles. The molecule has 4 rings (SSSR count). The normalized spacial score (nSPS) is 18.5. The first-order valence-corrected chi connectivity index (χ1v) is 13.2. The van der Waals surface area contributed by atoms with Crippen molar-refractivity contribution < 1.29 is 28.5 Å². The summed E-state index contributed by atoms with van der Waals surface area (Å²) >= 11 is 0. The highest BCUT2D eigenvalue weighted by atomic mass is 16.7. The summed E-state index contributed by atoms with van der Waals surface area (Å²) < 4.78 is 23.4. The Morgan fingerprint density at radius 2 is 1.79 bits per heavy atom. The molecular formula is C29H39N3O6. The first-order valence-electron chi connectivity index (χ1n) is 13.2. The fraction of sp³-hybridized carbons (Fsp3) is 0.517. The fourth-order valence-corrected chi connectivity index (χ4v) is 4.63. The Morgan fingerprint density at radius 1 is 1.08 bits per heavy atom. The second-order valence-electron chi connectivity index (χ2n) is 11.0. The topological polar surface area (TPSA) is 89.6 Å². The van der Waals surface area contributed by atoms with Gasteiger partial charge < -0.3 is 29.2 Å². The number of benzene rings is 2. The highest BCUT2D eigenvalue weighted by molar-refractivity contribution is 5.83. The van der Waals surface area contributed by atoms with E-state index in [0.29, 0.717) is 22.8 Å². The van der Waals surface area contributed by atoms with Crippen LogP contribution in [-0.2, 0) is 16.1 Å². The van der Waals surface area contributed by atoms with Gasteiger partial charge in [0.25, 0.3) is 5.91 Å². The number of fused-ring (bicyclic) bond motifs is 2. The third-order valence-electron chi connectivity index (χ3n) is 6.55. The van der Waals surface area contributed by atoms with Gasteiger partial charge in [0.2, 0.25) is 13.0 Å². The van der Waals surface area contributed by atoms with E-state index >= 15 is 0 Å². The number of alkyl carbamates (subject to hydrolysis) is 1. The monoisotopic (exact) mass is 525 g/mol. The van der Waals surface area contributed by atoms with Crippen LogP contribution in [0.3, 0.4) is 0 Å². The highest BCUT2D eigenvalue weighted by Crippen LogP contribution is 2.40. The van der Waals surface area contributed by atoms with Crippen LogP contribution in [0.4, 0.5) is 10.5 Å². The Labute approximate surface area is 225 Å². The number of amides is 2. The van der Waals surface area contributed by atoms with Gasteiger partial charge in [-0.15, -0.1) is 0 Å². The lowest BCUT2D eigenvalue weighted by Gasteiger charge is -2.32. The van der Waals surface area contributed by atoms with Crippen LogP contribution >= 0.6 is 0 Å². The predicted molar refractivity (Wildman–Crippen MR) is 144 cm³/mol. The molecular weight excluding hydrogens is 486 g/mol. The van der Waals surface area contributed by atoms with Gasteiger partial charge >= 0.3 is 6.09 Å². The quantitative estimate of drug-likeness (QED) is 0.529. The lowest BCUT2D eigenvalue weighted by atomic mass is 10.1. The van der Waals surface area contributed by atoms with Gasteiger partial charge in [-0.1, -0.05) is 19.9 Å². The van der Waals surface area contributed by atoms with Gasteiger partial charge in [-0.05, 0) is 70.4 Å². The number of carbonyl (C=O) groups excluding carboxylic acids is 2. The van der Waals surface area contributed by atoms with Gasteiger partial charge in [-0.3, -0.25) is 9.69 Å². The molecule has 0 fully saturated rings. The Kier molecular flexibility index (Phi) is 7.94. The van der Waals surface area contributed by atoms with Gasteiger partial charge in [-0.2, -0.15) is 0 Å². The van der Waals surface area contributed by atoms with Crippen LogP contribution in [0.1, 0.15) is 65.8 Å². The Balaban J connectivity index is 1.79. The Bertz CT molecular complexity index is 1170. The van der Waals surface area contributed by atoms with Gasteiger partial charge in [0, 0.05) is 36.9 Å². The smallest absolute Gasteiger partial charge is 0.409 e. The van der Waals surface area contributed by atoms with E-state index in [1.807, 2.05) is 71.0 Å². The van der Waals surface area contributed by atoms with Crippen LogP contribution in [-0.4, -0.2) is 48.4 Å². The minimum absolute atomic E-state index is 0.117. The van der Waals surface area contributed by atoms with Crippen LogP contribution in [0.15, 0.2) is 36.4 Å². The summed E-state index contributed by atoms with van der Waals surface area (Å²) in [7, 11) is 0. The second-order valence-corrected chi connectivity index (χ2v) is 11.0. The number of hydrogen-bond donors (Lipinski definition) is 1. The zero-order valence-corrected chi connectivity index (χ0v) is 23.4. The van der Waals surface area contributed by atoms with Crippen LogP contribution in [0.25, 0.3) is 0 Å². The summed E-state index contributed by atoms with van der Waals surface area (Å²) in [6, 6.07) is 11.4. The van der Waals surface area contributed by atoms with Gasteiger partial charge in [0.1, 0.15) is 5.75 Å². The number of anilines is 1. The van der Waals surface area contributed by atoms with E-state index in [2.05, 4.69) is 24.1 Å². The summed E-state index contributed by atoms with van der Waals surface area (Å²) in [5.41, 5.74) is 1.89. The molecule has 0 radical (unpaired) electrons. The van der Waals surface area contributed by atoms with Crippen LogP contribution in [0.2, 0.25) is 0 Å². The minimum Gasteiger partial charge on any atom is -0.480 e. The molecule has 2 atom stereocenters. The van der Waals surface area contributed by atoms with Crippen molar-refractivity contribution in [3.63, 3.8) is 0 Å². The molecule has 206 valence electrons. The second kappa shape index (κ2) is 11.0. The van der Waals surface area contributed by atoms with Crippen molar-refractivity contribution in [1.29, 1.82) is 0 Å². The zero-order valence-electron chi connectivity index (χ0n) is 23.4. The minimum atomic E-state index is -1.00. The number of nitrogens with zero attached hydrogens (tertiary/aromatic N) is 2. The number of ether oxygens (including phenoxy) is 4. The van der Waals surface area contributed by atoms with E-state index in [0.717, 1.165) is 24.3 Å². The molecule has 2 heterocycles. The van der Waals surface area contributed by atoms with Crippen LogP contribution in [0, 0.1) is 5.92 Å². The number of nitrogens with one attached hydrogen (secondary N) is 1. The lowest BCUT2D eigenvalue weighted by Crippen LogP contribution is -2.47. The van der Waals surface area contributed by atoms with Crippen molar-refractivity contribution in [2.24, 2.45) is 5.92 Å². The maximum atomic E-state index is 14.0. The van der Waals surface area contributed by atoms with E-state index in [1.165, 1.54) is 0 Å². The Morgan fingerprint density at radius 3 is 2.45 bits per heavy atom. The van der Waals surface area contributed by atoms with Crippen molar-refractivity contribution in [3.05, 3.63) is 47.5 Å². The van der Waals surface area contributed by atoms with Crippen molar-refractivity contribution in [2.75, 3.05) is 24.8 Å². The molecule has 2 aliphatic rings. The maximum Gasteiger partial charge on any atom is 0.409 e. The summed E-state index contributed by atoms with van der Waals surface area (Å²) in [5, 5.41) is 2.85. The number of hydrogen-bond acceptors (Lipinski definition) is 7. The molecule has 38 heavy (non-hydrogen) atoms. The van der Waals surface area contributed by atoms with E-state index in [9.17, 15) is 9.59 Å². The average Bonchev–Trinajstić information content (AvgIpc) is 3.28. The third kappa shape index (κ3) is 5.92. The predicted octanol–water partition coefficient (Wildman–Crippen LogP) is 5.23. The van der Waals surface area contributed by atoms with E-state index in [1.54, 1.807) is 4.90 Å². The molecule has 9 heteroatoms. The summed E-state index contributed by atoms with van der Waals surface area (Å²) in [6.45, 7) is 15.7. The van der Waals surface area contributed by atoms with Gasteiger partial charge in [0.05, 0.1) is 5.56 Å². The van der Waals surface area contributed by atoms with Crippen molar-refractivity contribution >= 4 is 17.7 Å². The van der Waals surface area contributed by atoms with E-state index in [-0.39, 0.29) is 25.2 Å². The first-order chi connectivity index (χ1) is 18.0. The molecule has 1 N–H and O–H groups in total. The van der Waals surface area contributed by atoms with E-state index < -0.39 is 24.0 Å². The van der Waals surface area contributed by atoms with Crippen molar-refractivity contribution in [2.45, 2.75) is 72.9 Å². The molecule has 2 amide bonds. The summed E-state index contributed by atoms with van der Waals surface area (Å²) in [6.07, 6.45) is -2.37. The summed E-state index contributed by atoms with van der Waals surface area (Å²) in [5.74, 6) is 1.43. The first kappa shape index (κ1) is 27.4. The maximum absolute atomic E-state index is 14.0. The van der Waals surface area contributed by atoms with Gasteiger partial charge in [-0.25, -0.2) is 4.79 Å². The fourth-order valence-electron chi connectivity index (χ4n) is 4.63. The molecule has 2 unspecified atom stereocenters. The molecule has 9 nitrogen and oxygen atoms in total.